The zero-order chi connectivity index (χ0) is 17.2. The Morgan fingerprint density at radius 3 is 3.00 bits per heavy atom. The summed E-state index contributed by atoms with van der Waals surface area (Å²) < 4.78 is 0.979. The highest BCUT2D eigenvalue weighted by atomic mass is 32.1. The molecule has 25 heavy (non-hydrogen) atoms. The summed E-state index contributed by atoms with van der Waals surface area (Å²) in [5.74, 6) is 0.834. The number of aromatic nitrogens is 2. The van der Waals surface area contributed by atoms with Crippen molar-refractivity contribution >= 4 is 32.9 Å². The Morgan fingerprint density at radius 1 is 1.32 bits per heavy atom. The van der Waals surface area contributed by atoms with Crippen molar-refractivity contribution in [3.05, 3.63) is 41.1 Å². The van der Waals surface area contributed by atoms with Crippen LogP contribution in [-0.2, 0) is 0 Å². The average molecular weight is 351 g/mol. The monoisotopic (exact) mass is 351 g/mol. The largest absolute Gasteiger partial charge is 0.509 e. The molecule has 1 aliphatic rings. The molecule has 2 aromatic heterocycles. The number of nitrogens with zero attached hydrogens (tertiary/aromatic N) is 3. The lowest BCUT2D eigenvalue weighted by Gasteiger charge is -2.24. The lowest BCUT2D eigenvalue weighted by molar-refractivity contribution is 0.477. The Bertz CT molecular complexity index is 956. The summed E-state index contributed by atoms with van der Waals surface area (Å²) in [6.45, 7) is 9.04. The van der Waals surface area contributed by atoms with Gasteiger partial charge in [-0.25, -0.2) is 4.85 Å². The van der Waals surface area contributed by atoms with Crippen molar-refractivity contribution in [1.29, 1.82) is 0 Å². The zero-order valence-corrected chi connectivity index (χ0v) is 14.3. The number of hydrogen-bond donors (Lipinski definition) is 3. The van der Waals surface area contributed by atoms with Crippen LogP contribution in [0.5, 0.6) is 5.75 Å². The first kappa shape index (κ1) is 15.8. The van der Waals surface area contributed by atoms with E-state index in [0.717, 1.165) is 41.8 Å². The van der Waals surface area contributed by atoms with Crippen molar-refractivity contribution in [3.8, 4) is 17.0 Å². The Morgan fingerprint density at radius 2 is 2.24 bits per heavy atom. The van der Waals surface area contributed by atoms with Gasteiger partial charge in [0, 0.05) is 23.5 Å². The molecule has 3 N–H and O–H groups in total. The topological polar surface area (TPSA) is 74.4 Å². The van der Waals surface area contributed by atoms with Gasteiger partial charge in [-0.05, 0) is 36.9 Å². The Hall–Kier alpha value is -2.69. The second-order valence-electron chi connectivity index (χ2n) is 6.06. The standard InChI is InChI=1S/C18H17N5OS/c1-19-11-4-5-13(15(24)9-11)16-17-14(6-8-25-17)18(23-22-16)21-12-3-2-7-20-10-12/h4-6,8-9,12,20,24H,2-3,7,10H2,(H,21,23)/t12-/m1/s1. The van der Waals surface area contributed by atoms with Crippen LogP contribution in [0.3, 0.4) is 0 Å². The van der Waals surface area contributed by atoms with Crippen LogP contribution in [0.25, 0.3) is 26.2 Å². The van der Waals surface area contributed by atoms with Crippen molar-refractivity contribution < 1.29 is 5.11 Å². The minimum Gasteiger partial charge on any atom is -0.509 e. The molecule has 1 aromatic carbocycles. The molecule has 0 bridgehead atoms. The normalized spacial score (nSPS) is 17.3. The van der Waals surface area contributed by atoms with E-state index >= 15 is 0 Å². The van der Waals surface area contributed by atoms with E-state index in [-0.39, 0.29) is 5.75 Å². The fraction of sp³-hybridized carbons (Fsp3) is 0.278. The molecule has 0 aliphatic carbocycles. The van der Waals surface area contributed by atoms with Crippen LogP contribution in [0, 0.1) is 6.57 Å². The Balaban J connectivity index is 1.74. The molecule has 126 valence electrons. The second kappa shape index (κ2) is 6.67. The summed E-state index contributed by atoms with van der Waals surface area (Å²) in [4.78, 5) is 3.34. The van der Waals surface area contributed by atoms with Crippen LogP contribution in [0.1, 0.15) is 12.8 Å². The first-order valence-corrected chi connectivity index (χ1v) is 9.06. The predicted octanol–water partition coefficient (Wildman–Crippen LogP) is 3.78. The van der Waals surface area contributed by atoms with Gasteiger partial charge >= 0.3 is 0 Å². The molecule has 7 heteroatoms. The van der Waals surface area contributed by atoms with Gasteiger partial charge in [0.1, 0.15) is 11.4 Å². The Kier molecular flexibility index (Phi) is 4.22. The van der Waals surface area contributed by atoms with Gasteiger partial charge in [0.2, 0.25) is 0 Å². The highest BCUT2D eigenvalue weighted by Gasteiger charge is 2.18. The zero-order valence-electron chi connectivity index (χ0n) is 13.5. The number of thiophene rings is 1. The maximum atomic E-state index is 10.3. The Labute approximate surface area is 149 Å². The smallest absolute Gasteiger partial charge is 0.190 e. The predicted molar refractivity (Wildman–Crippen MR) is 100 cm³/mol. The third-order valence-corrected chi connectivity index (χ3v) is 5.31. The molecule has 3 aromatic rings. The summed E-state index contributed by atoms with van der Waals surface area (Å²) in [7, 11) is 0. The highest BCUT2D eigenvalue weighted by Crippen LogP contribution is 2.38. The first-order valence-electron chi connectivity index (χ1n) is 8.18. The molecular formula is C18H17N5OS. The van der Waals surface area contributed by atoms with Gasteiger partial charge in [0.05, 0.1) is 11.3 Å². The average Bonchev–Trinajstić information content (AvgIpc) is 3.13. The molecule has 0 saturated carbocycles. The summed E-state index contributed by atoms with van der Waals surface area (Å²) in [6.07, 6.45) is 2.26. The molecule has 1 saturated heterocycles. The number of nitrogens with one attached hydrogen (secondary N) is 2. The fourth-order valence-corrected chi connectivity index (χ4v) is 4.01. The molecule has 3 heterocycles. The van der Waals surface area contributed by atoms with E-state index in [1.807, 2.05) is 11.4 Å². The number of fused-ring (bicyclic) bond motifs is 1. The van der Waals surface area contributed by atoms with Gasteiger partial charge in [-0.2, -0.15) is 0 Å². The molecule has 1 fully saturated rings. The summed E-state index contributed by atoms with van der Waals surface area (Å²) in [5.41, 5.74) is 1.64. The van der Waals surface area contributed by atoms with Crippen LogP contribution in [0.15, 0.2) is 29.6 Å². The number of hydrogen-bond acceptors (Lipinski definition) is 6. The SMILES string of the molecule is [C-]#[N+]c1ccc(-c2nnc(N[C@@H]3CCCNC3)c3ccsc23)c(O)c1. The molecule has 4 rings (SSSR count). The van der Waals surface area contributed by atoms with Crippen molar-refractivity contribution in [3.63, 3.8) is 0 Å². The van der Waals surface area contributed by atoms with E-state index in [4.69, 9.17) is 6.57 Å². The third-order valence-electron chi connectivity index (χ3n) is 4.39. The number of phenolic OH excluding ortho intramolecular Hbond substituents is 1. The first-order chi connectivity index (χ1) is 12.3. The van der Waals surface area contributed by atoms with Crippen LogP contribution >= 0.6 is 11.3 Å². The molecule has 6 nitrogen and oxygen atoms in total. The van der Waals surface area contributed by atoms with Crippen LogP contribution < -0.4 is 10.6 Å². The number of aromatic hydroxyl groups is 1. The molecular weight excluding hydrogens is 334 g/mol. The van der Waals surface area contributed by atoms with Crippen molar-refractivity contribution in [2.45, 2.75) is 18.9 Å². The molecule has 0 unspecified atom stereocenters. The van der Waals surface area contributed by atoms with E-state index in [2.05, 4.69) is 25.7 Å². The molecule has 1 atom stereocenters. The lowest BCUT2D eigenvalue weighted by atomic mass is 10.1. The van der Waals surface area contributed by atoms with Gasteiger partial charge in [-0.1, -0.05) is 12.1 Å². The van der Waals surface area contributed by atoms with E-state index in [0.29, 0.717) is 23.0 Å². The molecule has 0 amide bonds. The fourth-order valence-electron chi connectivity index (χ4n) is 3.12. The van der Waals surface area contributed by atoms with Gasteiger partial charge in [-0.3, -0.25) is 0 Å². The van der Waals surface area contributed by atoms with E-state index in [1.165, 1.54) is 6.07 Å². The maximum Gasteiger partial charge on any atom is 0.190 e. The summed E-state index contributed by atoms with van der Waals surface area (Å²) in [5, 5.41) is 28.9. The highest BCUT2D eigenvalue weighted by molar-refractivity contribution is 7.17. The molecule has 0 spiro atoms. The number of rotatable bonds is 3. The van der Waals surface area contributed by atoms with Crippen LogP contribution in [0.2, 0.25) is 0 Å². The summed E-state index contributed by atoms with van der Waals surface area (Å²) >= 11 is 1.57. The van der Waals surface area contributed by atoms with Gasteiger partial charge < -0.3 is 15.7 Å². The van der Waals surface area contributed by atoms with E-state index < -0.39 is 0 Å². The number of piperidine rings is 1. The van der Waals surface area contributed by atoms with Crippen molar-refractivity contribution in [2.24, 2.45) is 0 Å². The number of anilines is 1. The molecule has 1 aliphatic heterocycles. The van der Waals surface area contributed by atoms with Crippen LogP contribution in [-0.4, -0.2) is 34.4 Å². The van der Waals surface area contributed by atoms with Crippen molar-refractivity contribution in [1.82, 2.24) is 15.5 Å². The second-order valence-corrected chi connectivity index (χ2v) is 6.98. The van der Waals surface area contributed by atoms with Gasteiger partial charge in [-0.15, -0.1) is 21.5 Å². The van der Waals surface area contributed by atoms with Crippen LogP contribution in [0.4, 0.5) is 11.5 Å². The minimum atomic E-state index is 0.0506. The van der Waals surface area contributed by atoms with E-state index in [9.17, 15) is 5.11 Å². The number of phenols is 1. The maximum absolute atomic E-state index is 10.3. The van der Waals surface area contributed by atoms with Gasteiger partial charge in [0.25, 0.3) is 0 Å². The third kappa shape index (κ3) is 3.02. The van der Waals surface area contributed by atoms with E-state index in [1.54, 1.807) is 23.5 Å². The lowest BCUT2D eigenvalue weighted by Crippen LogP contribution is -2.38. The minimum absolute atomic E-state index is 0.0506. The van der Waals surface area contributed by atoms with Gasteiger partial charge in [0.15, 0.2) is 11.5 Å². The molecule has 0 radical (unpaired) electrons. The van der Waals surface area contributed by atoms with Crippen molar-refractivity contribution in [2.75, 3.05) is 18.4 Å². The quantitative estimate of drug-likeness (QED) is 0.626. The number of benzene rings is 1. The summed E-state index contributed by atoms with van der Waals surface area (Å²) in [6, 6.07) is 7.25.